The monoisotopic (exact) mass is 314 g/mol. The van der Waals surface area contributed by atoms with Crippen LogP contribution in [0.25, 0.3) is 0 Å². The van der Waals surface area contributed by atoms with E-state index in [4.69, 9.17) is 0 Å². The first-order chi connectivity index (χ1) is 9.88. The van der Waals surface area contributed by atoms with E-state index in [2.05, 4.69) is 11.9 Å². The van der Waals surface area contributed by atoms with Crippen LogP contribution in [0, 0.1) is 12.7 Å². The largest absolute Gasteiger partial charge is 0.316 e. The van der Waals surface area contributed by atoms with E-state index in [0.717, 1.165) is 0 Å². The molecule has 0 aliphatic heterocycles. The third-order valence-corrected chi connectivity index (χ3v) is 5.15. The summed E-state index contributed by atoms with van der Waals surface area (Å²) in [5.74, 6) is -0.503. The van der Waals surface area contributed by atoms with Crippen LogP contribution in [0.2, 0.25) is 0 Å². The van der Waals surface area contributed by atoms with Crippen molar-refractivity contribution >= 4 is 10.0 Å². The highest BCUT2D eigenvalue weighted by Crippen LogP contribution is 2.24. The molecule has 0 fully saturated rings. The van der Waals surface area contributed by atoms with Gasteiger partial charge >= 0.3 is 0 Å². The molecule has 0 atom stereocenters. The van der Waals surface area contributed by atoms with E-state index in [1.807, 2.05) is 6.92 Å². The minimum Gasteiger partial charge on any atom is -0.316 e. The molecule has 0 amide bonds. The SMILES string of the molecule is C=CCN(CCC)S(=O)(=O)c1cc(CNC)cc(F)c1C. The van der Waals surface area contributed by atoms with Crippen LogP contribution in [0.3, 0.4) is 0 Å². The molecule has 1 aromatic rings. The van der Waals surface area contributed by atoms with Gasteiger partial charge in [0.25, 0.3) is 0 Å². The first-order valence-electron chi connectivity index (χ1n) is 6.93. The van der Waals surface area contributed by atoms with Gasteiger partial charge in [-0.2, -0.15) is 4.31 Å². The summed E-state index contributed by atoms with van der Waals surface area (Å²) in [7, 11) is -2.00. The lowest BCUT2D eigenvalue weighted by Gasteiger charge is -2.22. The Balaban J connectivity index is 3.37. The summed E-state index contributed by atoms with van der Waals surface area (Å²) in [5, 5.41) is 2.90. The maximum Gasteiger partial charge on any atom is 0.243 e. The normalized spacial score (nSPS) is 11.9. The Labute approximate surface area is 126 Å². The minimum absolute atomic E-state index is 0.0306. The van der Waals surface area contributed by atoms with Gasteiger partial charge in [-0.1, -0.05) is 13.0 Å². The van der Waals surface area contributed by atoms with Crippen molar-refractivity contribution in [2.45, 2.75) is 31.7 Å². The minimum atomic E-state index is -3.73. The van der Waals surface area contributed by atoms with E-state index in [1.54, 1.807) is 7.05 Å². The Hall–Kier alpha value is -1.24. The fourth-order valence-corrected chi connectivity index (χ4v) is 3.91. The van der Waals surface area contributed by atoms with E-state index in [-0.39, 0.29) is 17.0 Å². The summed E-state index contributed by atoms with van der Waals surface area (Å²) < 4.78 is 40.8. The predicted molar refractivity (Wildman–Crippen MR) is 83.1 cm³/mol. The summed E-state index contributed by atoms with van der Waals surface area (Å²) in [4.78, 5) is 0.0306. The molecule has 1 rings (SSSR count). The van der Waals surface area contributed by atoms with Gasteiger partial charge in [0.1, 0.15) is 5.82 Å². The van der Waals surface area contributed by atoms with Gasteiger partial charge in [-0.25, -0.2) is 12.8 Å². The van der Waals surface area contributed by atoms with Crippen LogP contribution in [-0.4, -0.2) is 32.9 Å². The van der Waals surface area contributed by atoms with Gasteiger partial charge in [-0.05, 0) is 38.1 Å². The van der Waals surface area contributed by atoms with Crippen LogP contribution in [0.15, 0.2) is 29.7 Å². The summed E-state index contributed by atoms with van der Waals surface area (Å²) in [5.41, 5.74) is 0.759. The van der Waals surface area contributed by atoms with Crippen molar-refractivity contribution in [3.05, 3.63) is 41.7 Å². The second-order valence-corrected chi connectivity index (χ2v) is 6.79. The van der Waals surface area contributed by atoms with Gasteiger partial charge in [0.2, 0.25) is 10.0 Å². The van der Waals surface area contributed by atoms with Crippen molar-refractivity contribution in [2.75, 3.05) is 20.1 Å². The molecule has 0 aliphatic rings. The van der Waals surface area contributed by atoms with Crippen molar-refractivity contribution in [1.29, 1.82) is 0 Å². The van der Waals surface area contributed by atoms with Crippen LogP contribution in [0.1, 0.15) is 24.5 Å². The van der Waals surface area contributed by atoms with Crippen LogP contribution >= 0.6 is 0 Å². The summed E-state index contributed by atoms with van der Waals surface area (Å²) in [6, 6.07) is 2.90. The lowest BCUT2D eigenvalue weighted by atomic mass is 10.1. The Morgan fingerprint density at radius 3 is 2.62 bits per heavy atom. The molecular formula is C15H23FN2O2S. The van der Waals surface area contributed by atoms with Crippen molar-refractivity contribution in [1.82, 2.24) is 9.62 Å². The average molecular weight is 314 g/mol. The van der Waals surface area contributed by atoms with E-state index in [1.165, 1.54) is 29.4 Å². The molecule has 0 radical (unpaired) electrons. The van der Waals surface area contributed by atoms with Crippen molar-refractivity contribution < 1.29 is 12.8 Å². The van der Waals surface area contributed by atoms with Crippen molar-refractivity contribution in [3.8, 4) is 0 Å². The number of rotatable bonds is 8. The number of nitrogens with one attached hydrogen (secondary N) is 1. The maximum absolute atomic E-state index is 14.0. The molecule has 21 heavy (non-hydrogen) atoms. The fourth-order valence-electron chi connectivity index (χ4n) is 2.12. The Morgan fingerprint density at radius 2 is 2.10 bits per heavy atom. The second-order valence-electron chi connectivity index (χ2n) is 4.88. The molecular weight excluding hydrogens is 291 g/mol. The number of hydrogen-bond acceptors (Lipinski definition) is 3. The van der Waals surface area contributed by atoms with Gasteiger partial charge in [0.15, 0.2) is 0 Å². The molecule has 0 saturated heterocycles. The van der Waals surface area contributed by atoms with Gasteiger partial charge in [0.05, 0.1) is 4.90 Å². The number of hydrogen-bond donors (Lipinski definition) is 1. The molecule has 0 unspecified atom stereocenters. The summed E-state index contributed by atoms with van der Waals surface area (Å²) >= 11 is 0. The smallest absolute Gasteiger partial charge is 0.243 e. The molecule has 0 heterocycles. The lowest BCUT2D eigenvalue weighted by Crippen LogP contribution is -2.32. The molecule has 1 aromatic carbocycles. The topological polar surface area (TPSA) is 49.4 Å². The standard InChI is InChI=1S/C15H23FN2O2S/c1-5-7-18(8-6-2)21(19,20)15-10-13(11-17-4)9-14(16)12(15)3/h5,9-10,17H,1,6-8,11H2,2-4H3. The first kappa shape index (κ1) is 17.8. The molecule has 6 heteroatoms. The van der Waals surface area contributed by atoms with E-state index in [9.17, 15) is 12.8 Å². The number of nitrogens with zero attached hydrogens (tertiary/aromatic N) is 1. The van der Waals surface area contributed by atoms with Gasteiger partial charge in [-0.3, -0.25) is 0 Å². The highest BCUT2D eigenvalue weighted by molar-refractivity contribution is 7.89. The second kappa shape index (κ2) is 7.68. The van der Waals surface area contributed by atoms with E-state index < -0.39 is 15.8 Å². The van der Waals surface area contributed by atoms with Crippen LogP contribution in [0.4, 0.5) is 4.39 Å². The molecule has 0 bridgehead atoms. The first-order valence-corrected chi connectivity index (χ1v) is 8.37. The van der Waals surface area contributed by atoms with Crippen molar-refractivity contribution in [2.24, 2.45) is 0 Å². The zero-order valence-corrected chi connectivity index (χ0v) is 13.6. The number of sulfonamides is 1. The van der Waals surface area contributed by atoms with Gasteiger partial charge in [0, 0.05) is 25.2 Å². The number of halogens is 1. The van der Waals surface area contributed by atoms with Crippen LogP contribution in [-0.2, 0) is 16.6 Å². The lowest BCUT2D eigenvalue weighted by molar-refractivity contribution is 0.440. The maximum atomic E-state index is 14.0. The average Bonchev–Trinajstić information content (AvgIpc) is 2.42. The van der Waals surface area contributed by atoms with Crippen LogP contribution < -0.4 is 5.32 Å². The summed E-state index contributed by atoms with van der Waals surface area (Å²) in [6.45, 7) is 7.98. The zero-order valence-electron chi connectivity index (χ0n) is 12.8. The predicted octanol–water partition coefficient (Wildman–Crippen LogP) is 2.44. The van der Waals surface area contributed by atoms with E-state index >= 15 is 0 Å². The van der Waals surface area contributed by atoms with Crippen LogP contribution in [0.5, 0.6) is 0 Å². The van der Waals surface area contributed by atoms with Gasteiger partial charge in [-0.15, -0.1) is 6.58 Å². The molecule has 1 N–H and O–H groups in total. The zero-order chi connectivity index (χ0) is 16.0. The Bertz CT molecular complexity index is 600. The Morgan fingerprint density at radius 1 is 1.43 bits per heavy atom. The van der Waals surface area contributed by atoms with Gasteiger partial charge < -0.3 is 5.32 Å². The molecule has 4 nitrogen and oxygen atoms in total. The molecule has 0 aliphatic carbocycles. The van der Waals surface area contributed by atoms with E-state index in [0.29, 0.717) is 25.1 Å². The molecule has 0 saturated carbocycles. The van der Waals surface area contributed by atoms with Crippen molar-refractivity contribution in [3.63, 3.8) is 0 Å². The highest BCUT2D eigenvalue weighted by Gasteiger charge is 2.26. The third kappa shape index (κ3) is 4.12. The highest BCUT2D eigenvalue weighted by atomic mass is 32.2. The third-order valence-electron chi connectivity index (χ3n) is 3.16. The number of benzene rings is 1. The molecule has 0 spiro atoms. The quantitative estimate of drug-likeness (QED) is 0.750. The molecule has 0 aromatic heterocycles. The summed E-state index contributed by atoms with van der Waals surface area (Å²) in [6.07, 6.45) is 2.22. The molecule has 118 valence electrons. The fraction of sp³-hybridized carbons (Fsp3) is 0.467. The Kier molecular flexibility index (Phi) is 6.51.